The van der Waals surface area contributed by atoms with E-state index in [-0.39, 0.29) is 6.10 Å². The molecule has 0 aliphatic carbocycles. The topological polar surface area (TPSA) is 144 Å². The van der Waals surface area contributed by atoms with Crippen molar-refractivity contribution < 1.29 is 30.3 Å². The first-order valence-corrected chi connectivity index (χ1v) is 10.2. The molecule has 0 amide bonds. The molecule has 7 N–H and O–H groups in total. The lowest BCUT2D eigenvalue weighted by atomic mass is 10.0. The standard InChI is InChI=1S/C20H39NO6/c1-2-3-4-9-12-15(22)13-10-7-5-6-8-11-14-16(23)18(24)19(25)17(21)20(26)27/h11,14-19,22-25H,2-10,12-13,21H2,1H3,(H,26,27)/b14-11+/t15-,16+,17-,18-,19-/m1/s1. The number of aliphatic hydroxyl groups is 4. The summed E-state index contributed by atoms with van der Waals surface area (Å²) in [5.74, 6) is -1.44. The Morgan fingerprint density at radius 3 is 2.00 bits per heavy atom. The van der Waals surface area contributed by atoms with Crippen molar-refractivity contribution in [3.63, 3.8) is 0 Å². The summed E-state index contributed by atoms with van der Waals surface area (Å²) in [5.41, 5.74) is 5.22. The molecule has 0 unspecified atom stereocenters. The van der Waals surface area contributed by atoms with Gasteiger partial charge in [-0.05, 0) is 25.7 Å². The lowest BCUT2D eigenvalue weighted by molar-refractivity contribution is -0.145. The monoisotopic (exact) mass is 389 g/mol. The molecule has 0 aromatic heterocycles. The largest absolute Gasteiger partial charge is 0.480 e. The number of rotatable bonds is 17. The molecule has 0 heterocycles. The first-order chi connectivity index (χ1) is 12.8. The third-order valence-electron chi connectivity index (χ3n) is 4.74. The van der Waals surface area contributed by atoms with Crippen LogP contribution in [-0.4, -0.2) is 62.0 Å². The van der Waals surface area contributed by atoms with E-state index in [2.05, 4.69) is 6.92 Å². The van der Waals surface area contributed by atoms with Crippen LogP contribution in [0.4, 0.5) is 0 Å². The fourth-order valence-electron chi connectivity index (χ4n) is 2.86. The van der Waals surface area contributed by atoms with Crippen molar-refractivity contribution in [3.8, 4) is 0 Å². The molecule has 0 rings (SSSR count). The van der Waals surface area contributed by atoms with Crippen molar-refractivity contribution in [2.75, 3.05) is 0 Å². The highest BCUT2D eigenvalue weighted by atomic mass is 16.4. The molecule has 5 atom stereocenters. The van der Waals surface area contributed by atoms with Gasteiger partial charge in [0.2, 0.25) is 0 Å². The first kappa shape index (κ1) is 26.0. The zero-order valence-electron chi connectivity index (χ0n) is 16.5. The highest BCUT2D eigenvalue weighted by molar-refractivity contribution is 5.74. The van der Waals surface area contributed by atoms with E-state index in [4.69, 9.17) is 10.8 Å². The minimum atomic E-state index is -1.74. The van der Waals surface area contributed by atoms with E-state index in [0.29, 0.717) is 6.42 Å². The van der Waals surface area contributed by atoms with Crippen LogP contribution in [0.5, 0.6) is 0 Å². The number of aliphatic hydroxyl groups excluding tert-OH is 4. The molecular weight excluding hydrogens is 350 g/mol. The van der Waals surface area contributed by atoms with E-state index in [1.807, 2.05) is 0 Å². The number of hydrogen-bond acceptors (Lipinski definition) is 6. The van der Waals surface area contributed by atoms with Gasteiger partial charge in [0.25, 0.3) is 0 Å². The number of hydrogen-bond donors (Lipinski definition) is 6. The van der Waals surface area contributed by atoms with Gasteiger partial charge in [-0.15, -0.1) is 0 Å². The Labute approximate surface area is 162 Å². The second-order valence-electron chi connectivity index (χ2n) is 7.26. The van der Waals surface area contributed by atoms with E-state index < -0.39 is 30.3 Å². The van der Waals surface area contributed by atoms with Crippen molar-refractivity contribution in [1.29, 1.82) is 0 Å². The number of carboxylic acid groups (broad SMARTS) is 1. The molecule has 0 aliphatic rings. The summed E-state index contributed by atoms with van der Waals surface area (Å²) >= 11 is 0. The Bertz CT molecular complexity index is 404. The van der Waals surface area contributed by atoms with Crippen molar-refractivity contribution in [3.05, 3.63) is 12.2 Å². The Balaban J connectivity index is 3.75. The molecular formula is C20H39NO6. The Morgan fingerprint density at radius 1 is 0.889 bits per heavy atom. The summed E-state index contributed by atoms with van der Waals surface area (Å²) in [6.45, 7) is 2.17. The molecule has 0 aliphatic heterocycles. The summed E-state index contributed by atoms with van der Waals surface area (Å²) < 4.78 is 0. The number of carboxylic acids is 1. The molecule has 0 aromatic rings. The van der Waals surface area contributed by atoms with E-state index >= 15 is 0 Å². The number of unbranched alkanes of at least 4 members (excludes halogenated alkanes) is 7. The molecule has 27 heavy (non-hydrogen) atoms. The maximum Gasteiger partial charge on any atom is 0.323 e. The number of carbonyl (C=O) groups is 1. The molecule has 0 fully saturated rings. The minimum Gasteiger partial charge on any atom is -0.480 e. The van der Waals surface area contributed by atoms with Gasteiger partial charge >= 0.3 is 5.97 Å². The number of allylic oxidation sites excluding steroid dienone is 1. The number of nitrogens with two attached hydrogens (primary N) is 1. The zero-order chi connectivity index (χ0) is 20.7. The highest BCUT2D eigenvalue weighted by Gasteiger charge is 2.32. The smallest absolute Gasteiger partial charge is 0.323 e. The lowest BCUT2D eigenvalue weighted by Gasteiger charge is -2.23. The van der Waals surface area contributed by atoms with Crippen LogP contribution in [0, 0.1) is 0 Å². The molecule has 7 nitrogen and oxygen atoms in total. The Kier molecular flexibility index (Phi) is 15.4. The van der Waals surface area contributed by atoms with Crippen molar-refractivity contribution in [1.82, 2.24) is 0 Å². The SMILES string of the molecule is CCCCCC[C@@H](O)CCCCCC/C=C/[C@H](O)[C@@H](O)[C@H](O)[C@@H](N)C(=O)O. The molecule has 160 valence electrons. The van der Waals surface area contributed by atoms with Crippen LogP contribution < -0.4 is 5.73 Å². The molecule has 0 spiro atoms. The average molecular weight is 390 g/mol. The van der Waals surface area contributed by atoms with Gasteiger partial charge < -0.3 is 31.3 Å². The van der Waals surface area contributed by atoms with Crippen molar-refractivity contribution in [2.45, 2.75) is 108 Å². The predicted octanol–water partition coefficient (Wildman–Crippen LogP) is 1.71. The fourth-order valence-corrected chi connectivity index (χ4v) is 2.86. The van der Waals surface area contributed by atoms with Crippen molar-refractivity contribution in [2.24, 2.45) is 5.73 Å². The maximum absolute atomic E-state index is 10.7. The summed E-state index contributed by atoms with van der Waals surface area (Å²) in [5, 5.41) is 47.6. The quantitative estimate of drug-likeness (QED) is 0.164. The molecule has 0 saturated heterocycles. The number of aliphatic carboxylic acids is 1. The summed E-state index contributed by atoms with van der Waals surface area (Å²) in [6.07, 6.45) is 9.25. The van der Waals surface area contributed by atoms with Gasteiger partial charge in [-0.3, -0.25) is 4.79 Å². The second kappa shape index (κ2) is 16.0. The maximum atomic E-state index is 10.7. The molecule has 7 heteroatoms. The van der Waals surface area contributed by atoms with Gasteiger partial charge in [-0.2, -0.15) is 0 Å². The van der Waals surface area contributed by atoms with Crippen LogP contribution in [0.2, 0.25) is 0 Å². The molecule has 0 radical (unpaired) electrons. The molecule has 0 aromatic carbocycles. The van der Waals surface area contributed by atoms with E-state index in [1.165, 1.54) is 25.3 Å². The van der Waals surface area contributed by atoms with Gasteiger partial charge in [0.1, 0.15) is 24.4 Å². The Hall–Kier alpha value is -0.990. The van der Waals surface area contributed by atoms with Gasteiger partial charge in [0, 0.05) is 0 Å². The van der Waals surface area contributed by atoms with E-state index in [9.17, 15) is 25.2 Å². The highest BCUT2D eigenvalue weighted by Crippen LogP contribution is 2.13. The van der Waals surface area contributed by atoms with Crippen LogP contribution in [-0.2, 0) is 4.79 Å². The normalized spacial score (nSPS) is 17.6. The summed E-state index contributed by atoms with van der Waals surface area (Å²) in [6, 6.07) is -1.65. The summed E-state index contributed by atoms with van der Waals surface area (Å²) in [7, 11) is 0. The third-order valence-corrected chi connectivity index (χ3v) is 4.74. The lowest BCUT2D eigenvalue weighted by Crippen LogP contribution is -2.51. The summed E-state index contributed by atoms with van der Waals surface area (Å²) in [4.78, 5) is 10.7. The van der Waals surface area contributed by atoms with Gasteiger partial charge in [0.15, 0.2) is 0 Å². The van der Waals surface area contributed by atoms with Crippen molar-refractivity contribution >= 4 is 5.97 Å². The van der Waals surface area contributed by atoms with Gasteiger partial charge in [-0.25, -0.2) is 0 Å². The van der Waals surface area contributed by atoms with E-state index in [0.717, 1.165) is 44.9 Å². The van der Waals surface area contributed by atoms with Crippen LogP contribution >= 0.6 is 0 Å². The van der Waals surface area contributed by atoms with Gasteiger partial charge in [0.05, 0.1) is 6.10 Å². The van der Waals surface area contributed by atoms with Gasteiger partial charge in [-0.1, -0.05) is 64.0 Å². The third kappa shape index (κ3) is 12.9. The average Bonchev–Trinajstić information content (AvgIpc) is 2.65. The minimum absolute atomic E-state index is 0.193. The van der Waals surface area contributed by atoms with Crippen LogP contribution in [0.25, 0.3) is 0 Å². The second-order valence-corrected chi connectivity index (χ2v) is 7.26. The Morgan fingerprint density at radius 2 is 1.44 bits per heavy atom. The van der Waals surface area contributed by atoms with Crippen LogP contribution in [0.15, 0.2) is 12.2 Å². The molecule has 0 bridgehead atoms. The predicted molar refractivity (Wildman–Crippen MR) is 105 cm³/mol. The van der Waals surface area contributed by atoms with Crippen LogP contribution in [0.3, 0.4) is 0 Å². The van der Waals surface area contributed by atoms with E-state index in [1.54, 1.807) is 6.08 Å². The first-order valence-electron chi connectivity index (χ1n) is 10.2. The fraction of sp³-hybridized carbons (Fsp3) is 0.850. The zero-order valence-corrected chi connectivity index (χ0v) is 16.5. The van der Waals surface area contributed by atoms with Crippen LogP contribution in [0.1, 0.15) is 77.6 Å². The molecule has 0 saturated carbocycles.